The Bertz CT molecular complexity index is 211. The Kier molecular flexibility index (Phi) is 7.90. The van der Waals surface area contributed by atoms with Crippen molar-refractivity contribution in [3.05, 3.63) is 0 Å². The fraction of sp³-hybridized carbons (Fsp3) is 0.750. The van der Waals surface area contributed by atoms with Crippen molar-refractivity contribution in [1.82, 2.24) is 0 Å². The zero-order chi connectivity index (χ0) is 11.9. The summed E-state index contributed by atoms with van der Waals surface area (Å²) in [5, 5.41) is 1.48. The van der Waals surface area contributed by atoms with Crippen LogP contribution in [0.25, 0.3) is 0 Å². The third kappa shape index (κ3) is 8.27. The monoisotopic (exact) mass is 406 g/mol. The molecule has 7 heteroatoms. The van der Waals surface area contributed by atoms with Crippen LogP contribution in [0.4, 0.5) is 0 Å². The van der Waals surface area contributed by atoms with Gasteiger partial charge in [-0.05, 0) is 0 Å². The molecule has 15 heavy (non-hydrogen) atoms. The molecular formula is C8H14Br2GeO4. The topological polar surface area (TPSA) is 52.6 Å². The van der Waals surface area contributed by atoms with E-state index in [1.807, 2.05) is 0 Å². The van der Waals surface area contributed by atoms with E-state index in [0.717, 1.165) is 10.5 Å². The molecule has 0 spiro atoms. The van der Waals surface area contributed by atoms with Crippen LogP contribution in [0.3, 0.4) is 0 Å². The molecule has 4 nitrogen and oxygen atoms in total. The summed E-state index contributed by atoms with van der Waals surface area (Å²) >= 11 is 7.17. The van der Waals surface area contributed by atoms with Crippen LogP contribution in [-0.4, -0.2) is 35.7 Å². The van der Waals surface area contributed by atoms with Gasteiger partial charge in [-0.2, -0.15) is 0 Å². The van der Waals surface area contributed by atoms with Crippen LogP contribution in [0, 0.1) is 0 Å². The maximum atomic E-state index is 10.9. The number of halogens is 2. The maximum absolute atomic E-state index is 10.9. The van der Waals surface area contributed by atoms with Crippen LogP contribution in [0.2, 0.25) is 10.5 Å². The Balaban J connectivity index is 3.86. The second kappa shape index (κ2) is 7.67. The minimum absolute atomic E-state index is 0.220. The van der Waals surface area contributed by atoms with Gasteiger partial charge in [0.15, 0.2) is 0 Å². The van der Waals surface area contributed by atoms with Crippen LogP contribution in [-0.2, 0) is 19.1 Å². The van der Waals surface area contributed by atoms with Gasteiger partial charge in [0.05, 0.1) is 0 Å². The van der Waals surface area contributed by atoms with Gasteiger partial charge in [0.1, 0.15) is 0 Å². The van der Waals surface area contributed by atoms with Crippen molar-refractivity contribution >= 4 is 49.5 Å². The molecule has 0 saturated heterocycles. The minimum atomic E-state index is -2.34. The van der Waals surface area contributed by atoms with Gasteiger partial charge in [-0.25, -0.2) is 0 Å². The first-order chi connectivity index (χ1) is 6.91. The summed E-state index contributed by atoms with van der Waals surface area (Å²) in [7, 11) is 0.402. The quantitative estimate of drug-likeness (QED) is 0.502. The van der Waals surface area contributed by atoms with Crippen LogP contribution in [0.5, 0.6) is 0 Å². The predicted octanol–water partition coefficient (Wildman–Crippen LogP) is 2.34. The summed E-state index contributed by atoms with van der Waals surface area (Å²) in [6.45, 7) is 0. The van der Waals surface area contributed by atoms with E-state index in [1.54, 1.807) is 0 Å². The number of ether oxygens (including phenoxy) is 2. The van der Waals surface area contributed by atoms with E-state index in [-0.39, 0.29) is 11.9 Å². The zero-order valence-corrected chi connectivity index (χ0v) is 14.0. The van der Waals surface area contributed by atoms with Gasteiger partial charge in [-0.1, -0.05) is 0 Å². The second-order valence-electron chi connectivity index (χ2n) is 3.01. The SMILES string of the molecule is COC(=O)C[CH2][Ge]([Br])([Br])[CH2]CC(=O)OC. The Morgan fingerprint density at radius 1 is 1.00 bits per heavy atom. The van der Waals surface area contributed by atoms with Gasteiger partial charge in [0.2, 0.25) is 0 Å². The molecule has 0 N–H and O–H groups in total. The van der Waals surface area contributed by atoms with Crippen LogP contribution >= 0.6 is 28.0 Å². The van der Waals surface area contributed by atoms with Gasteiger partial charge in [-0.3, -0.25) is 0 Å². The van der Waals surface area contributed by atoms with Gasteiger partial charge in [0, 0.05) is 0 Å². The van der Waals surface area contributed by atoms with E-state index in [9.17, 15) is 9.59 Å². The number of methoxy groups -OCH3 is 2. The average Bonchev–Trinajstić information content (AvgIpc) is 2.22. The van der Waals surface area contributed by atoms with E-state index >= 15 is 0 Å². The molecule has 0 amide bonds. The molecule has 0 unspecified atom stereocenters. The van der Waals surface area contributed by atoms with E-state index < -0.39 is 9.58 Å². The van der Waals surface area contributed by atoms with Crippen LogP contribution in [0.1, 0.15) is 12.8 Å². The van der Waals surface area contributed by atoms with Gasteiger partial charge >= 0.3 is 106 Å². The fourth-order valence-electron chi connectivity index (χ4n) is 0.899. The van der Waals surface area contributed by atoms with Crippen LogP contribution < -0.4 is 0 Å². The summed E-state index contributed by atoms with van der Waals surface area (Å²) in [6.07, 6.45) is 0.766. The molecule has 0 aliphatic rings. The summed E-state index contributed by atoms with van der Waals surface area (Å²) in [4.78, 5) is 21.9. The third-order valence-corrected chi connectivity index (χ3v) is 14.2. The summed E-state index contributed by atoms with van der Waals surface area (Å²) < 4.78 is 9.10. The molecule has 0 aliphatic carbocycles. The van der Waals surface area contributed by atoms with Crippen molar-refractivity contribution < 1.29 is 19.1 Å². The molecule has 0 rings (SSSR count). The molecular weight excluding hydrogens is 393 g/mol. The van der Waals surface area contributed by atoms with Gasteiger partial charge in [-0.15, -0.1) is 0 Å². The summed E-state index contributed by atoms with van der Waals surface area (Å²) in [5.74, 6) is -0.441. The first-order valence-electron chi connectivity index (χ1n) is 4.43. The fourth-order valence-corrected chi connectivity index (χ4v) is 7.94. The van der Waals surface area contributed by atoms with Crippen molar-refractivity contribution in [3.8, 4) is 0 Å². The molecule has 0 aliphatic heterocycles. The summed E-state index contributed by atoms with van der Waals surface area (Å²) in [6, 6.07) is 0. The number of carbonyl (C=O) groups is 2. The molecule has 0 radical (unpaired) electrons. The normalized spacial score (nSPS) is 10.9. The van der Waals surface area contributed by atoms with E-state index in [2.05, 4.69) is 37.5 Å². The molecule has 0 fully saturated rings. The van der Waals surface area contributed by atoms with E-state index in [1.165, 1.54) is 14.2 Å². The second-order valence-corrected chi connectivity index (χ2v) is 30.0. The molecule has 0 saturated carbocycles. The third-order valence-electron chi connectivity index (χ3n) is 1.85. The number of esters is 2. The standard InChI is InChI=1S/C8H14Br2GeO4/c1-14-7(12)3-5-11(9,10)6-4-8(13)15-2/h3-6H2,1-2H3. The average molecular weight is 407 g/mol. The van der Waals surface area contributed by atoms with E-state index in [0.29, 0.717) is 12.8 Å². The van der Waals surface area contributed by atoms with Gasteiger partial charge < -0.3 is 0 Å². The first-order valence-corrected chi connectivity index (χ1v) is 17.2. The zero-order valence-electron chi connectivity index (χ0n) is 8.72. The molecule has 88 valence electrons. The Labute approximate surface area is 106 Å². The predicted molar refractivity (Wildman–Crippen MR) is 66.5 cm³/mol. The van der Waals surface area contributed by atoms with Crippen molar-refractivity contribution in [1.29, 1.82) is 0 Å². The van der Waals surface area contributed by atoms with Crippen LogP contribution in [0.15, 0.2) is 0 Å². The number of carbonyl (C=O) groups excluding carboxylic acids is 2. The van der Waals surface area contributed by atoms with Gasteiger partial charge in [0.25, 0.3) is 0 Å². The molecule has 0 atom stereocenters. The van der Waals surface area contributed by atoms with Crippen molar-refractivity contribution in [2.24, 2.45) is 0 Å². The van der Waals surface area contributed by atoms with Crippen molar-refractivity contribution in [3.63, 3.8) is 0 Å². The first kappa shape index (κ1) is 15.4. The molecule has 0 aromatic rings. The number of hydrogen-bond acceptors (Lipinski definition) is 4. The van der Waals surface area contributed by atoms with E-state index in [4.69, 9.17) is 0 Å². The Morgan fingerprint density at radius 2 is 1.33 bits per heavy atom. The number of rotatable bonds is 6. The Morgan fingerprint density at radius 3 is 1.60 bits per heavy atom. The molecule has 0 aromatic heterocycles. The van der Waals surface area contributed by atoms with Crippen molar-refractivity contribution in [2.75, 3.05) is 14.2 Å². The molecule has 0 heterocycles. The van der Waals surface area contributed by atoms with Crippen molar-refractivity contribution in [2.45, 2.75) is 23.3 Å². The molecule has 0 aromatic carbocycles. The Hall–Kier alpha value is 0.443. The molecule has 0 bridgehead atoms. The number of hydrogen-bond donors (Lipinski definition) is 0. The summed E-state index contributed by atoms with van der Waals surface area (Å²) in [5.41, 5.74) is 0.